The molecular formula is C20H21ClN2O5S. The number of rotatable bonds is 7. The zero-order chi connectivity index (χ0) is 21.0. The molecule has 0 spiro atoms. The number of sulfone groups is 1. The van der Waals surface area contributed by atoms with Crippen LogP contribution in [0.5, 0.6) is 5.75 Å². The van der Waals surface area contributed by atoms with Gasteiger partial charge in [-0.3, -0.25) is 9.59 Å². The minimum absolute atomic E-state index is 0.0346. The van der Waals surface area contributed by atoms with Crippen LogP contribution >= 0.6 is 11.6 Å². The highest BCUT2D eigenvalue weighted by atomic mass is 35.5. The Morgan fingerprint density at radius 3 is 2.72 bits per heavy atom. The largest absolute Gasteiger partial charge is 0.482 e. The summed E-state index contributed by atoms with van der Waals surface area (Å²) in [7, 11) is -3.81. The van der Waals surface area contributed by atoms with Gasteiger partial charge in [-0.15, -0.1) is 0 Å². The molecule has 2 aromatic carbocycles. The van der Waals surface area contributed by atoms with Gasteiger partial charge in [-0.25, -0.2) is 8.42 Å². The quantitative estimate of drug-likeness (QED) is 0.694. The maximum absolute atomic E-state index is 12.7. The average Bonchev–Trinajstić information content (AvgIpc) is 2.70. The smallest absolute Gasteiger partial charge is 0.262 e. The molecule has 154 valence electrons. The Morgan fingerprint density at radius 2 is 2.00 bits per heavy atom. The van der Waals surface area contributed by atoms with Crippen LogP contribution in [0.15, 0.2) is 47.4 Å². The maximum atomic E-state index is 12.7. The number of anilines is 1. The molecule has 0 radical (unpaired) electrons. The lowest BCUT2D eigenvalue weighted by molar-refractivity contribution is -0.121. The normalized spacial score (nSPS) is 14.3. The van der Waals surface area contributed by atoms with Crippen molar-refractivity contribution >= 4 is 38.9 Å². The van der Waals surface area contributed by atoms with E-state index in [1.165, 1.54) is 12.1 Å². The van der Waals surface area contributed by atoms with Crippen LogP contribution in [0, 0.1) is 0 Å². The Balaban J connectivity index is 1.60. The highest BCUT2D eigenvalue weighted by molar-refractivity contribution is 7.91. The number of carbonyl (C=O) groups is 2. The van der Waals surface area contributed by atoms with E-state index in [1.54, 1.807) is 0 Å². The number of fused-ring (bicyclic) bond motifs is 1. The van der Waals surface area contributed by atoms with Gasteiger partial charge >= 0.3 is 0 Å². The summed E-state index contributed by atoms with van der Waals surface area (Å²) >= 11 is 6.09. The Hall–Kier alpha value is -2.58. The fraction of sp³-hybridized carbons (Fsp3) is 0.300. The standard InChI is InChI=1S/C20H21ClN2O5S/c1-13(14-5-3-2-4-6-14)11-22-19(24)7-8-29(26,27)18-10-17-16(9-15(18)21)23-20(25)12-28-17/h2-6,9-10,13H,7-8,11-12H2,1H3,(H,22,24)(H,23,25)/t13-/m0/s1. The molecule has 2 amide bonds. The Bertz CT molecular complexity index is 1020. The van der Waals surface area contributed by atoms with Gasteiger partial charge in [0.1, 0.15) is 5.75 Å². The molecule has 1 heterocycles. The van der Waals surface area contributed by atoms with Crippen molar-refractivity contribution in [2.75, 3.05) is 24.2 Å². The van der Waals surface area contributed by atoms with Crippen LogP contribution in [0.1, 0.15) is 24.8 Å². The molecule has 9 heteroatoms. The molecule has 0 unspecified atom stereocenters. The zero-order valence-electron chi connectivity index (χ0n) is 15.8. The molecule has 0 saturated carbocycles. The SMILES string of the molecule is C[C@@H](CNC(=O)CCS(=O)(=O)c1cc2c(cc1Cl)NC(=O)CO2)c1ccccc1. The zero-order valence-corrected chi connectivity index (χ0v) is 17.3. The van der Waals surface area contributed by atoms with Gasteiger partial charge in [0.2, 0.25) is 5.91 Å². The van der Waals surface area contributed by atoms with Crippen LogP contribution < -0.4 is 15.4 Å². The summed E-state index contributed by atoms with van der Waals surface area (Å²) in [6, 6.07) is 12.3. The van der Waals surface area contributed by atoms with Crippen molar-refractivity contribution in [3.05, 3.63) is 53.1 Å². The van der Waals surface area contributed by atoms with Gasteiger partial charge in [-0.2, -0.15) is 0 Å². The summed E-state index contributed by atoms with van der Waals surface area (Å²) in [5.74, 6) is -0.740. The van der Waals surface area contributed by atoms with Gasteiger partial charge in [-0.1, -0.05) is 48.9 Å². The fourth-order valence-electron chi connectivity index (χ4n) is 2.91. The number of hydrogen-bond donors (Lipinski definition) is 2. The molecule has 1 atom stereocenters. The third kappa shape index (κ3) is 5.27. The van der Waals surface area contributed by atoms with E-state index in [0.29, 0.717) is 12.2 Å². The van der Waals surface area contributed by atoms with Gasteiger partial charge in [0.15, 0.2) is 16.4 Å². The van der Waals surface area contributed by atoms with Crippen molar-refractivity contribution in [2.45, 2.75) is 24.2 Å². The topological polar surface area (TPSA) is 102 Å². The summed E-state index contributed by atoms with van der Waals surface area (Å²) in [6.07, 6.45) is -0.186. The van der Waals surface area contributed by atoms with Gasteiger partial charge < -0.3 is 15.4 Å². The van der Waals surface area contributed by atoms with E-state index in [9.17, 15) is 18.0 Å². The van der Waals surface area contributed by atoms with Crippen molar-refractivity contribution in [2.24, 2.45) is 0 Å². The second kappa shape index (κ2) is 8.84. The fourth-order valence-corrected chi connectivity index (χ4v) is 4.74. The first-order chi connectivity index (χ1) is 13.8. The molecule has 0 saturated heterocycles. The third-order valence-electron chi connectivity index (χ3n) is 4.57. The van der Waals surface area contributed by atoms with Gasteiger partial charge in [0.05, 0.1) is 21.4 Å². The van der Waals surface area contributed by atoms with E-state index in [-0.39, 0.29) is 52.2 Å². The van der Waals surface area contributed by atoms with Crippen LogP contribution in [0.3, 0.4) is 0 Å². The number of hydrogen-bond acceptors (Lipinski definition) is 5. The second-order valence-electron chi connectivity index (χ2n) is 6.80. The van der Waals surface area contributed by atoms with Crippen molar-refractivity contribution in [3.63, 3.8) is 0 Å². The molecule has 0 bridgehead atoms. The van der Waals surface area contributed by atoms with E-state index >= 15 is 0 Å². The minimum atomic E-state index is -3.81. The van der Waals surface area contributed by atoms with E-state index in [1.807, 2.05) is 37.3 Å². The first-order valence-electron chi connectivity index (χ1n) is 9.07. The molecule has 0 aliphatic carbocycles. The second-order valence-corrected chi connectivity index (χ2v) is 9.29. The lowest BCUT2D eigenvalue weighted by Crippen LogP contribution is -2.29. The van der Waals surface area contributed by atoms with E-state index in [0.717, 1.165) is 5.56 Å². The number of nitrogens with one attached hydrogen (secondary N) is 2. The van der Waals surface area contributed by atoms with Gasteiger partial charge in [0.25, 0.3) is 5.91 Å². The van der Waals surface area contributed by atoms with Gasteiger partial charge in [-0.05, 0) is 17.5 Å². The number of ether oxygens (including phenoxy) is 1. The monoisotopic (exact) mass is 436 g/mol. The molecular weight excluding hydrogens is 416 g/mol. The third-order valence-corrected chi connectivity index (χ3v) is 6.75. The molecule has 0 aromatic heterocycles. The summed E-state index contributed by atoms with van der Waals surface area (Å²) in [6.45, 7) is 2.20. The molecule has 1 aliphatic heterocycles. The summed E-state index contributed by atoms with van der Waals surface area (Å²) < 4.78 is 30.6. The first-order valence-corrected chi connectivity index (χ1v) is 11.1. The van der Waals surface area contributed by atoms with Gasteiger partial charge in [0, 0.05) is 19.0 Å². The molecule has 3 rings (SSSR count). The van der Waals surface area contributed by atoms with Crippen molar-refractivity contribution in [3.8, 4) is 5.75 Å². The highest BCUT2D eigenvalue weighted by Crippen LogP contribution is 2.36. The van der Waals surface area contributed by atoms with Crippen molar-refractivity contribution in [1.82, 2.24) is 5.32 Å². The number of carbonyl (C=O) groups excluding carboxylic acids is 2. The summed E-state index contributed by atoms with van der Waals surface area (Å²) in [5.41, 5.74) is 1.41. The van der Waals surface area contributed by atoms with Crippen LogP contribution in [-0.2, 0) is 19.4 Å². The number of benzene rings is 2. The minimum Gasteiger partial charge on any atom is -0.482 e. The van der Waals surface area contributed by atoms with E-state index in [4.69, 9.17) is 16.3 Å². The highest BCUT2D eigenvalue weighted by Gasteiger charge is 2.25. The maximum Gasteiger partial charge on any atom is 0.262 e. The van der Waals surface area contributed by atoms with Crippen molar-refractivity contribution in [1.29, 1.82) is 0 Å². The summed E-state index contributed by atoms with van der Waals surface area (Å²) in [5, 5.41) is 5.29. The lowest BCUT2D eigenvalue weighted by atomic mass is 10.0. The van der Waals surface area contributed by atoms with E-state index in [2.05, 4.69) is 10.6 Å². The van der Waals surface area contributed by atoms with Crippen LogP contribution in [-0.4, -0.2) is 39.1 Å². The molecule has 2 N–H and O–H groups in total. The predicted octanol–water partition coefficient (Wildman–Crippen LogP) is 2.75. The van der Waals surface area contributed by atoms with E-state index < -0.39 is 9.84 Å². The Kier molecular flexibility index (Phi) is 6.44. The van der Waals surface area contributed by atoms with Crippen LogP contribution in [0.4, 0.5) is 5.69 Å². The van der Waals surface area contributed by atoms with Crippen LogP contribution in [0.2, 0.25) is 5.02 Å². The number of halogens is 1. The van der Waals surface area contributed by atoms with Crippen LogP contribution in [0.25, 0.3) is 0 Å². The Morgan fingerprint density at radius 1 is 1.28 bits per heavy atom. The molecule has 7 nitrogen and oxygen atoms in total. The first kappa shape index (κ1) is 21.1. The molecule has 0 fully saturated rings. The summed E-state index contributed by atoms with van der Waals surface area (Å²) in [4.78, 5) is 23.4. The molecule has 1 aliphatic rings. The molecule has 29 heavy (non-hydrogen) atoms. The Labute approximate surface area is 174 Å². The average molecular weight is 437 g/mol. The van der Waals surface area contributed by atoms with Crippen molar-refractivity contribution < 1.29 is 22.7 Å². The lowest BCUT2D eigenvalue weighted by Gasteiger charge is -2.19. The predicted molar refractivity (Wildman–Crippen MR) is 110 cm³/mol. The number of amides is 2. The molecule has 2 aromatic rings.